The number of nitrogens with one attached hydrogen (secondary N) is 2. The molecule has 8 nitrogen and oxygen atoms in total. The Morgan fingerprint density at radius 2 is 1.91 bits per heavy atom. The van der Waals surface area contributed by atoms with E-state index in [1.54, 1.807) is 0 Å². The predicted molar refractivity (Wildman–Crippen MR) is 137 cm³/mol. The Balaban J connectivity index is 1.16. The van der Waals surface area contributed by atoms with Crippen LogP contribution in [0.3, 0.4) is 0 Å². The molecular formula is C27H34N8. The zero-order valence-corrected chi connectivity index (χ0v) is 20.1. The second kappa shape index (κ2) is 9.77. The average molecular weight is 471 g/mol. The first kappa shape index (κ1) is 22.2. The lowest BCUT2D eigenvalue weighted by atomic mass is 9.81. The number of nitrogens with two attached hydrogens (primary N) is 1. The third kappa shape index (κ3) is 4.67. The lowest BCUT2D eigenvalue weighted by Gasteiger charge is -2.30. The van der Waals surface area contributed by atoms with Gasteiger partial charge in [-0.05, 0) is 86.6 Å². The zero-order valence-electron chi connectivity index (χ0n) is 20.1. The number of benzene rings is 1. The lowest BCUT2D eigenvalue weighted by molar-refractivity contribution is 0.289. The first-order valence-corrected chi connectivity index (χ1v) is 13.0. The molecular weight excluding hydrogens is 436 g/mol. The largest absolute Gasteiger partial charge is 0.384 e. The van der Waals surface area contributed by atoms with Crippen molar-refractivity contribution in [3.8, 4) is 0 Å². The molecule has 1 atom stereocenters. The van der Waals surface area contributed by atoms with E-state index in [1.807, 2.05) is 12.3 Å². The van der Waals surface area contributed by atoms with Gasteiger partial charge < -0.3 is 11.1 Å². The summed E-state index contributed by atoms with van der Waals surface area (Å²) < 4.78 is 2.15. The van der Waals surface area contributed by atoms with Crippen LogP contribution in [0.2, 0.25) is 0 Å². The van der Waals surface area contributed by atoms with Gasteiger partial charge in [0.25, 0.3) is 0 Å². The van der Waals surface area contributed by atoms with Gasteiger partial charge in [-0.3, -0.25) is 4.68 Å². The van der Waals surface area contributed by atoms with Gasteiger partial charge in [0.05, 0.1) is 12.2 Å². The number of nitrogens with zero attached hydrogens (tertiary/aromatic N) is 5. The second-order valence-electron chi connectivity index (χ2n) is 10.2. The van der Waals surface area contributed by atoms with Crippen LogP contribution in [0.15, 0.2) is 48.8 Å². The minimum Gasteiger partial charge on any atom is -0.384 e. The quantitative estimate of drug-likeness (QED) is 0.344. The van der Waals surface area contributed by atoms with Crippen LogP contribution in [0.5, 0.6) is 0 Å². The van der Waals surface area contributed by atoms with Crippen molar-refractivity contribution in [1.82, 2.24) is 35.5 Å². The van der Waals surface area contributed by atoms with Crippen LogP contribution in [-0.4, -0.2) is 42.8 Å². The number of hydrogen-bond acceptors (Lipinski definition) is 6. The summed E-state index contributed by atoms with van der Waals surface area (Å²) in [4.78, 5) is 4.37. The molecule has 0 radical (unpaired) electrons. The summed E-state index contributed by atoms with van der Waals surface area (Å²) in [6.07, 6.45) is 13.9. The Kier molecular flexibility index (Phi) is 6.21. The maximum absolute atomic E-state index is 6.17. The normalized spacial score (nSPS) is 21.7. The summed E-state index contributed by atoms with van der Waals surface area (Å²) in [5.74, 6) is 1.32. The SMILES string of the molecule is Nc1cc(C(CCN[C@H]2CC[C@H](c3ccccc3)CC2)c2cnn(C3CCC3)c2)c2nn[nH]c2n1. The number of nitrogen functional groups attached to an aromatic ring is 1. The molecule has 0 saturated heterocycles. The fourth-order valence-corrected chi connectivity index (χ4v) is 5.82. The highest BCUT2D eigenvalue weighted by molar-refractivity contribution is 5.77. The Morgan fingerprint density at radius 3 is 2.69 bits per heavy atom. The molecule has 6 rings (SSSR count). The summed E-state index contributed by atoms with van der Waals surface area (Å²) in [5.41, 5.74) is 11.4. The highest BCUT2D eigenvalue weighted by atomic mass is 15.3. The van der Waals surface area contributed by atoms with Crippen molar-refractivity contribution in [3.63, 3.8) is 0 Å². The molecule has 2 aliphatic carbocycles. The number of pyridine rings is 1. The maximum Gasteiger partial charge on any atom is 0.178 e. The first-order chi connectivity index (χ1) is 17.2. The Labute approximate surface area is 205 Å². The molecule has 4 N–H and O–H groups in total. The molecule has 0 aliphatic heterocycles. The first-order valence-electron chi connectivity index (χ1n) is 13.0. The number of H-pyrrole nitrogens is 1. The van der Waals surface area contributed by atoms with Gasteiger partial charge in [-0.2, -0.15) is 5.10 Å². The van der Waals surface area contributed by atoms with Crippen LogP contribution in [0.25, 0.3) is 11.2 Å². The van der Waals surface area contributed by atoms with Crippen molar-refractivity contribution in [2.75, 3.05) is 12.3 Å². The van der Waals surface area contributed by atoms with E-state index in [-0.39, 0.29) is 5.92 Å². The van der Waals surface area contributed by atoms with Crippen LogP contribution in [0, 0.1) is 0 Å². The van der Waals surface area contributed by atoms with Gasteiger partial charge in [-0.25, -0.2) is 10.1 Å². The van der Waals surface area contributed by atoms with Crippen LogP contribution >= 0.6 is 0 Å². The van der Waals surface area contributed by atoms with Crippen molar-refractivity contribution in [3.05, 3.63) is 65.5 Å². The molecule has 3 heterocycles. The molecule has 2 saturated carbocycles. The summed E-state index contributed by atoms with van der Waals surface area (Å²) in [5, 5.41) is 19.8. The summed E-state index contributed by atoms with van der Waals surface area (Å²) in [6.45, 7) is 0.932. The van der Waals surface area contributed by atoms with E-state index >= 15 is 0 Å². The number of rotatable bonds is 8. The number of fused-ring (bicyclic) bond motifs is 1. The third-order valence-electron chi connectivity index (χ3n) is 8.06. The fraction of sp³-hybridized carbons (Fsp3) is 0.481. The summed E-state index contributed by atoms with van der Waals surface area (Å²) in [7, 11) is 0. The highest BCUT2D eigenvalue weighted by Crippen LogP contribution is 2.36. The second-order valence-corrected chi connectivity index (χ2v) is 10.2. The van der Waals surface area contributed by atoms with Gasteiger partial charge in [0.15, 0.2) is 5.65 Å². The van der Waals surface area contributed by atoms with Gasteiger partial charge in [-0.15, -0.1) is 5.10 Å². The molecule has 35 heavy (non-hydrogen) atoms. The number of aromatic nitrogens is 6. The molecule has 182 valence electrons. The van der Waals surface area contributed by atoms with Crippen molar-refractivity contribution < 1.29 is 0 Å². The van der Waals surface area contributed by atoms with Gasteiger partial charge >= 0.3 is 0 Å². The Morgan fingerprint density at radius 1 is 1.09 bits per heavy atom. The highest BCUT2D eigenvalue weighted by Gasteiger charge is 2.26. The fourth-order valence-electron chi connectivity index (χ4n) is 5.82. The van der Waals surface area contributed by atoms with E-state index in [4.69, 9.17) is 10.8 Å². The number of hydrogen-bond donors (Lipinski definition) is 3. The molecule has 0 amide bonds. The van der Waals surface area contributed by atoms with Gasteiger partial charge in [-0.1, -0.05) is 35.5 Å². The smallest absolute Gasteiger partial charge is 0.178 e. The number of anilines is 1. The van der Waals surface area contributed by atoms with E-state index < -0.39 is 0 Å². The molecule has 8 heteroatoms. The Bertz CT molecular complexity index is 1250. The average Bonchev–Trinajstić information content (AvgIpc) is 3.51. The molecule has 3 aromatic heterocycles. The predicted octanol–water partition coefficient (Wildman–Crippen LogP) is 4.69. The summed E-state index contributed by atoms with van der Waals surface area (Å²) >= 11 is 0. The van der Waals surface area contributed by atoms with Crippen LogP contribution in [0.1, 0.15) is 85.9 Å². The van der Waals surface area contributed by atoms with E-state index in [2.05, 4.69) is 66.9 Å². The van der Waals surface area contributed by atoms with E-state index in [0.29, 0.717) is 29.5 Å². The number of aromatic amines is 1. The van der Waals surface area contributed by atoms with E-state index in [9.17, 15) is 0 Å². The van der Waals surface area contributed by atoms with Crippen LogP contribution < -0.4 is 11.1 Å². The van der Waals surface area contributed by atoms with Crippen molar-refractivity contribution >= 4 is 17.0 Å². The van der Waals surface area contributed by atoms with Crippen molar-refractivity contribution in [2.45, 2.75) is 75.3 Å². The third-order valence-corrected chi connectivity index (χ3v) is 8.06. The van der Waals surface area contributed by atoms with Crippen molar-refractivity contribution in [1.29, 1.82) is 0 Å². The molecule has 1 aromatic carbocycles. The van der Waals surface area contributed by atoms with E-state index in [0.717, 1.165) is 24.0 Å². The Hall–Kier alpha value is -3.26. The van der Waals surface area contributed by atoms with Gasteiger partial charge in [0.2, 0.25) is 0 Å². The molecule has 2 aliphatic rings. The topological polar surface area (TPSA) is 110 Å². The van der Waals surface area contributed by atoms with Gasteiger partial charge in [0.1, 0.15) is 11.3 Å². The molecule has 0 bridgehead atoms. The minimum atomic E-state index is 0.134. The maximum atomic E-state index is 6.17. The molecule has 2 fully saturated rings. The molecule has 1 unspecified atom stereocenters. The van der Waals surface area contributed by atoms with Crippen LogP contribution in [0.4, 0.5) is 5.82 Å². The zero-order chi connectivity index (χ0) is 23.6. The van der Waals surface area contributed by atoms with Crippen LogP contribution in [-0.2, 0) is 0 Å². The van der Waals surface area contributed by atoms with Gasteiger partial charge in [0, 0.05) is 18.2 Å². The standard InChI is InChI=1S/C27H34N8/c28-25-15-24(26-27(31-25)33-34-32-26)23(20-16-30-35(17-20)22-7-4-8-22)13-14-29-21-11-9-19(10-12-21)18-5-2-1-3-6-18/h1-3,5-6,15-17,19,21-23,29H,4,7-14H2,(H3,28,31,32,33,34)/t19-,21-,23?. The molecule has 0 spiro atoms. The van der Waals surface area contributed by atoms with E-state index in [1.165, 1.54) is 56.1 Å². The monoisotopic (exact) mass is 470 g/mol. The summed E-state index contributed by atoms with van der Waals surface area (Å²) in [6, 6.07) is 14.0. The minimum absolute atomic E-state index is 0.134. The lowest BCUT2D eigenvalue weighted by Crippen LogP contribution is -2.34. The van der Waals surface area contributed by atoms with Crippen molar-refractivity contribution in [2.24, 2.45) is 0 Å². The molecule has 4 aromatic rings.